The van der Waals surface area contributed by atoms with Crippen LogP contribution in [0.5, 0.6) is 5.88 Å². The molecule has 0 saturated heterocycles. The Labute approximate surface area is 106 Å². The molecule has 2 heterocycles. The number of hydrogen-bond donors (Lipinski definition) is 1. The van der Waals surface area contributed by atoms with Gasteiger partial charge in [-0.3, -0.25) is 0 Å². The first-order valence-electron chi connectivity index (χ1n) is 5.73. The van der Waals surface area contributed by atoms with Gasteiger partial charge in [0.25, 0.3) is 0 Å². The van der Waals surface area contributed by atoms with Crippen LogP contribution in [-0.2, 0) is 27.2 Å². The average molecular weight is 250 g/mol. The summed E-state index contributed by atoms with van der Waals surface area (Å²) in [6.45, 7) is 3.32. The van der Waals surface area contributed by atoms with Crippen molar-refractivity contribution in [3.63, 3.8) is 0 Å². The van der Waals surface area contributed by atoms with Crippen LogP contribution >= 0.6 is 0 Å². The summed E-state index contributed by atoms with van der Waals surface area (Å²) in [6, 6.07) is 0. The second kappa shape index (κ2) is 5.18. The molecule has 0 bridgehead atoms. The van der Waals surface area contributed by atoms with E-state index in [0.717, 1.165) is 23.0 Å². The molecule has 0 radical (unpaired) electrons. The maximum absolute atomic E-state index is 5.34. The molecule has 7 nitrogen and oxygen atoms in total. The fourth-order valence-electron chi connectivity index (χ4n) is 1.91. The van der Waals surface area contributed by atoms with Crippen LogP contribution in [0.3, 0.4) is 0 Å². The molecule has 0 amide bonds. The van der Waals surface area contributed by atoms with Crippen LogP contribution < -0.4 is 10.1 Å². The van der Waals surface area contributed by atoms with Gasteiger partial charge in [0, 0.05) is 20.6 Å². The summed E-state index contributed by atoms with van der Waals surface area (Å²) in [5.74, 6) is 1.69. The van der Waals surface area contributed by atoms with E-state index in [-0.39, 0.29) is 0 Å². The zero-order chi connectivity index (χ0) is 13.1. The standard InChI is InChI=1S/C11H18N6O/c1-8-9(11(18-4)17(3)15-8)5-12-6-10-14-13-7-16(10)2/h7,12H,5-6H2,1-4H3. The summed E-state index contributed by atoms with van der Waals surface area (Å²) in [4.78, 5) is 0. The van der Waals surface area contributed by atoms with Crippen molar-refractivity contribution in [1.29, 1.82) is 0 Å². The maximum Gasteiger partial charge on any atom is 0.216 e. The SMILES string of the molecule is COc1c(CNCc2nncn2C)c(C)nn1C. The normalized spacial score (nSPS) is 10.9. The van der Waals surface area contributed by atoms with Crippen molar-refractivity contribution in [2.75, 3.05) is 7.11 Å². The van der Waals surface area contributed by atoms with E-state index in [1.54, 1.807) is 18.1 Å². The number of methoxy groups -OCH3 is 1. The lowest BCUT2D eigenvalue weighted by atomic mass is 10.2. The predicted molar refractivity (Wildman–Crippen MR) is 66.0 cm³/mol. The number of ether oxygens (including phenoxy) is 1. The summed E-state index contributed by atoms with van der Waals surface area (Å²) >= 11 is 0. The minimum atomic E-state index is 0.661. The van der Waals surface area contributed by atoms with Gasteiger partial charge in [-0.1, -0.05) is 0 Å². The topological polar surface area (TPSA) is 69.8 Å². The van der Waals surface area contributed by atoms with Gasteiger partial charge < -0.3 is 14.6 Å². The van der Waals surface area contributed by atoms with E-state index in [4.69, 9.17) is 4.74 Å². The molecule has 0 aliphatic carbocycles. The van der Waals surface area contributed by atoms with Gasteiger partial charge in [0.05, 0.1) is 24.9 Å². The highest BCUT2D eigenvalue weighted by atomic mass is 16.5. The molecule has 0 spiro atoms. The van der Waals surface area contributed by atoms with E-state index in [1.807, 2.05) is 25.6 Å². The molecule has 98 valence electrons. The number of aryl methyl sites for hydroxylation is 3. The van der Waals surface area contributed by atoms with Gasteiger partial charge in [0.15, 0.2) is 0 Å². The Balaban J connectivity index is 2.00. The summed E-state index contributed by atoms with van der Waals surface area (Å²) in [6.07, 6.45) is 1.69. The molecular formula is C11H18N6O. The van der Waals surface area contributed by atoms with E-state index < -0.39 is 0 Å². The number of nitrogens with zero attached hydrogens (tertiary/aromatic N) is 5. The van der Waals surface area contributed by atoms with Crippen molar-refractivity contribution >= 4 is 0 Å². The highest BCUT2D eigenvalue weighted by Crippen LogP contribution is 2.20. The maximum atomic E-state index is 5.34. The zero-order valence-corrected chi connectivity index (χ0v) is 11.1. The molecule has 0 saturated carbocycles. The molecule has 0 fully saturated rings. The highest BCUT2D eigenvalue weighted by Gasteiger charge is 2.13. The Hall–Kier alpha value is -1.89. The van der Waals surface area contributed by atoms with Crippen molar-refractivity contribution < 1.29 is 4.74 Å². The Kier molecular flexibility index (Phi) is 3.61. The van der Waals surface area contributed by atoms with Crippen molar-refractivity contribution in [2.24, 2.45) is 14.1 Å². The molecule has 0 aliphatic heterocycles. The van der Waals surface area contributed by atoms with Gasteiger partial charge >= 0.3 is 0 Å². The third kappa shape index (κ3) is 2.35. The number of aromatic nitrogens is 5. The Morgan fingerprint density at radius 1 is 1.33 bits per heavy atom. The molecule has 18 heavy (non-hydrogen) atoms. The molecule has 2 aromatic rings. The quantitative estimate of drug-likeness (QED) is 0.818. The third-order valence-corrected chi connectivity index (χ3v) is 2.87. The third-order valence-electron chi connectivity index (χ3n) is 2.87. The van der Waals surface area contributed by atoms with E-state index in [0.29, 0.717) is 13.1 Å². The van der Waals surface area contributed by atoms with Gasteiger partial charge in [-0.05, 0) is 6.92 Å². The lowest BCUT2D eigenvalue weighted by Crippen LogP contribution is -2.16. The van der Waals surface area contributed by atoms with Crippen LogP contribution in [0.1, 0.15) is 17.1 Å². The van der Waals surface area contributed by atoms with Gasteiger partial charge in [0.2, 0.25) is 5.88 Å². The van der Waals surface area contributed by atoms with Gasteiger partial charge in [-0.2, -0.15) is 5.10 Å². The fraction of sp³-hybridized carbons (Fsp3) is 0.545. The number of rotatable bonds is 5. The number of hydrogen-bond acceptors (Lipinski definition) is 5. The van der Waals surface area contributed by atoms with Crippen LogP contribution in [0.4, 0.5) is 0 Å². The molecule has 2 aromatic heterocycles. The summed E-state index contributed by atoms with van der Waals surface area (Å²) < 4.78 is 8.97. The van der Waals surface area contributed by atoms with Crippen LogP contribution in [0.25, 0.3) is 0 Å². The first kappa shape index (κ1) is 12.6. The molecule has 0 aliphatic rings. The lowest BCUT2D eigenvalue weighted by Gasteiger charge is -2.06. The highest BCUT2D eigenvalue weighted by molar-refractivity contribution is 5.30. The Bertz CT molecular complexity index is 530. The largest absolute Gasteiger partial charge is 0.481 e. The molecule has 0 atom stereocenters. The smallest absolute Gasteiger partial charge is 0.216 e. The molecule has 7 heteroatoms. The van der Waals surface area contributed by atoms with E-state index in [2.05, 4.69) is 20.6 Å². The van der Waals surface area contributed by atoms with Crippen LogP contribution in [-0.4, -0.2) is 31.7 Å². The van der Waals surface area contributed by atoms with Crippen LogP contribution in [0.2, 0.25) is 0 Å². The van der Waals surface area contributed by atoms with E-state index >= 15 is 0 Å². The van der Waals surface area contributed by atoms with Gasteiger partial charge in [-0.25, -0.2) is 4.68 Å². The molecule has 2 rings (SSSR count). The summed E-state index contributed by atoms with van der Waals surface area (Å²) in [7, 11) is 5.45. The Morgan fingerprint density at radius 2 is 2.11 bits per heavy atom. The second-order valence-electron chi connectivity index (χ2n) is 4.16. The fourth-order valence-corrected chi connectivity index (χ4v) is 1.91. The molecule has 1 N–H and O–H groups in total. The average Bonchev–Trinajstić information content (AvgIpc) is 2.84. The minimum absolute atomic E-state index is 0.661. The van der Waals surface area contributed by atoms with Gasteiger partial charge in [-0.15, -0.1) is 10.2 Å². The van der Waals surface area contributed by atoms with Crippen LogP contribution in [0.15, 0.2) is 6.33 Å². The number of nitrogens with one attached hydrogen (secondary N) is 1. The Morgan fingerprint density at radius 3 is 2.72 bits per heavy atom. The molecule has 0 aromatic carbocycles. The minimum Gasteiger partial charge on any atom is -0.481 e. The summed E-state index contributed by atoms with van der Waals surface area (Å²) in [5.41, 5.74) is 2.04. The van der Waals surface area contributed by atoms with E-state index in [1.165, 1.54) is 0 Å². The van der Waals surface area contributed by atoms with Crippen LogP contribution in [0, 0.1) is 6.92 Å². The van der Waals surface area contributed by atoms with Crippen molar-refractivity contribution in [3.8, 4) is 5.88 Å². The van der Waals surface area contributed by atoms with E-state index in [9.17, 15) is 0 Å². The van der Waals surface area contributed by atoms with Crippen molar-refractivity contribution in [2.45, 2.75) is 20.0 Å². The van der Waals surface area contributed by atoms with Crippen molar-refractivity contribution in [3.05, 3.63) is 23.4 Å². The first-order valence-corrected chi connectivity index (χ1v) is 5.73. The molecule has 0 unspecified atom stereocenters. The zero-order valence-electron chi connectivity index (χ0n) is 11.1. The monoisotopic (exact) mass is 250 g/mol. The molecular weight excluding hydrogens is 232 g/mol. The first-order chi connectivity index (χ1) is 8.63. The predicted octanol–water partition coefficient (Wildman–Crippen LogP) is 0.155. The summed E-state index contributed by atoms with van der Waals surface area (Å²) in [5, 5.41) is 15.5. The van der Waals surface area contributed by atoms with Crippen molar-refractivity contribution in [1.82, 2.24) is 29.9 Å². The second-order valence-corrected chi connectivity index (χ2v) is 4.16. The van der Waals surface area contributed by atoms with Gasteiger partial charge in [0.1, 0.15) is 12.2 Å². The lowest BCUT2D eigenvalue weighted by molar-refractivity contribution is 0.367.